The molecule has 0 fully saturated rings. The fraction of sp³-hybridized carbons (Fsp3) is 0.500. The maximum atomic E-state index is 10.3. The van der Waals surface area contributed by atoms with Crippen LogP contribution in [0.25, 0.3) is 0 Å². The minimum atomic E-state index is -0.619. The predicted molar refractivity (Wildman–Crippen MR) is 69.6 cm³/mol. The molecule has 0 saturated carbocycles. The molecule has 98 valence electrons. The van der Waals surface area contributed by atoms with Crippen LogP contribution < -0.4 is 0 Å². The average molecular weight is 269 g/mol. The molecule has 0 amide bonds. The molecule has 5 nitrogen and oxygen atoms in total. The van der Waals surface area contributed by atoms with Gasteiger partial charge in [-0.2, -0.15) is 10.2 Å². The third-order valence-electron chi connectivity index (χ3n) is 3.28. The minimum absolute atomic E-state index is 0.433. The number of hydrogen-bond acceptors (Lipinski definition) is 3. The van der Waals surface area contributed by atoms with E-state index in [1.54, 1.807) is 15.6 Å². The Morgan fingerprint density at radius 1 is 1.33 bits per heavy atom. The number of hydrogen-bond donors (Lipinski definition) is 1. The molecule has 0 aromatic carbocycles. The molecule has 0 bridgehead atoms. The summed E-state index contributed by atoms with van der Waals surface area (Å²) < 4.78 is 3.46. The molecule has 0 aliphatic rings. The molecule has 0 aliphatic carbocycles. The summed E-state index contributed by atoms with van der Waals surface area (Å²) in [6.45, 7) is 3.79. The van der Waals surface area contributed by atoms with Crippen LogP contribution in [-0.4, -0.2) is 24.7 Å². The third-order valence-corrected chi connectivity index (χ3v) is 3.77. The van der Waals surface area contributed by atoms with Crippen LogP contribution in [0.15, 0.2) is 6.20 Å². The normalized spacial score (nSPS) is 13.0. The first-order chi connectivity index (χ1) is 8.41. The topological polar surface area (TPSA) is 55.9 Å². The van der Waals surface area contributed by atoms with Crippen LogP contribution in [0.3, 0.4) is 0 Å². The smallest absolute Gasteiger partial charge is 0.0878 e. The van der Waals surface area contributed by atoms with Gasteiger partial charge in [0.15, 0.2) is 0 Å². The Balaban J connectivity index is 2.26. The summed E-state index contributed by atoms with van der Waals surface area (Å²) in [5.41, 5.74) is 3.40. The molecular weight excluding hydrogens is 252 g/mol. The lowest BCUT2D eigenvalue weighted by atomic mass is 10.1. The number of aliphatic hydroxyl groups excluding tert-OH is 1. The van der Waals surface area contributed by atoms with E-state index in [-0.39, 0.29) is 0 Å². The van der Waals surface area contributed by atoms with Gasteiger partial charge in [0.2, 0.25) is 0 Å². The highest BCUT2D eigenvalue weighted by Gasteiger charge is 2.19. The van der Waals surface area contributed by atoms with Gasteiger partial charge in [0, 0.05) is 31.8 Å². The first-order valence-electron chi connectivity index (χ1n) is 5.76. The van der Waals surface area contributed by atoms with Gasteiger partial charge in [-0.15, -0.1) is 0 Å². The molecular formula is C12H17ClN4O. The third kappa shape index (κ3) is 2.15. The molecule has 0 spiro atoms. The number of aryl methyl sites for hydroxylation is 3. The molecule has 0 radical (unpaired) electrons. The van der Waals surface area contributed by atoms with Gasteiger partial charge in [-0.25, -0.2) is 0 Å². The van der Waals surface area contributed by atoms with E-state index >= 15 is 0 Å². The summed E-state index contributed by atoms with van der Waals surface area (Å²) in [4.78, 5) is 0. The van der Waals surface area contributed by atoms with Gasteiger partial charge in [0.05, 0.1) is 28.7 Å². The van der Waals surface area contributed by atoms with Gasteiger partial charge in [0.25, 0.3) is 0 Å². The van der Waals surface area contributed by atoms with Crippen molar-refractivity contribution < 1.29 is 5.11 Å². The quantitative estimate of drug-likeness (QED) is 0.922. The van der Waals surface area contributed by atoms with E-state index < -0.39 is 6.10 Å². The highest BCUT2D eigenvalue weighted by Crippen LogP contribution is 2.26. The van der Waals surface area contributed by atoms with E-state index in [1.807, 2.05) is 27.9 Å². The van der Waals surface area contributed by atoms with Crippen molar-refractivity contribution in [3.63, 3.8) is 0 Å². The molecule has 1 N–H and O–H groups in total. The first kappa shape index (κ1) is 13.1. The summed E-state index contributed by atoms with van der Waals surface area (Å²) in [5, 5.41) is 19.3. The van der Waals surface area contributed by atoms with E-state index in [1.165, 1.54) is 0 Å². The van der Waals surface area contributed by atoms with Gasteiger partial charge >= 0.3 is 0 Å². The molecule has 2 heterocycles. The zero-order chi connectivity index (χ0) is 13.4. The van der Waals surface area contributed by atoms with Crippen molar-refractivity contribution in [2.75, 3.05) is 0 Å². The Labute approximate surface area is 111 Å². The summed E-state index contributed by atoms with van der Waals surface area (Å²) in [6.07, 6.45) is 1.51. The molecule has 2 aromatic heterocycles. The maximum absolute atomic E-state index is 10.3. The van der Waals surface area contributed by atoms with Gasteiger partial charge in [0.1, 0.15) is 0 Å². The lowest BCUT2D eigenvalue weighted by Gasteiger charge is -2.11. The summed E-state index contributed by atoms with van der Waals surface area (Å²) in [5.74, 6) is 0. The zero-order valence-corrected chi connectivity index (χ0v) is 11.7. The Bertz CT molecular complexity index is 573. The van der Waals surface area contributed by atoms with Gasteiger partial charge in [-0.1, -0.05) is 11.6 Å². The minimum Gasteiger partial charge on any atom is -0.388 e. The highest BCUT2D eigenvalue weighted by atomic mass is 35.5. The first-order valence-corrected chi connectivity index (χ1v) is 6.14. The zero-order valence-electron chi connectivity index (χ0n) is 11.0. The fourth-order valence-electron chi connectivity index (χ4n) is 2.04. The highest BCUT2D eigenvalue weighted by molar-refractivity contribution is 6.31. The van der Waals surface area contributed by atoms with Crippen molar-refractivity contribution in [3.05, 3.63) is 33.9 Å². The van der Waals surface area contributed by atoms with Crippen LogP contribution in [0.2, 0.25) is 5.02 Å². The van der Waals surface area contributed by atoms with Crippen molar-refractivity contribution in [3.8, 4) is 0 Å². The summed E-state index contributed by atoms with van der Waals surface area (Å²) >= 11 is 6.18. The Kier molecular flexibility index (Phi) is 3.45. The number of aliphatic hydroxyl groups is 1. The van der Waals surface area contributed by atoms with E-state index in [2.05, 4.69) is 10.2 Å². The number of nitrogens with zero attached hydrogens (tertiary/aromatic N) is 4. The Hall–Kier alpha value is -1.33. The molecule has 0 saturated heterocycles. The summed E-state index contributed by atoms with van der Waals surface area (Å²) in [7, 11) is 3.68. The fourth-order valence-corrected chi connectivity index (χ4v) is 2.28. The van der Waals surface area contributed by atoms with Crippen LogP contribution in [0, 0.1) is 13.8 Å². The lowest BCUT2D eigenvalue weighted by molar-refractivity contribution is 0.175. The molecule has 6 heteroatoms. The van der Waals surface area contributed by atoms with Crippen LogP contribution in [0.1, 0.15) is 28.7 Å². The Morgan fingerprint density at radius 2 is 2.00 bits per heavy atom. The monoisotopic (exact) mass is 268 g/mol. The second-order valence-corrected chi connectivity index (χ2v) is 4.88. The van der Waals surface area contributed by atoms with Gasteiger partial charge in [-0.05, 0) is 13.8 Å². The second-order valence-electron chi connectivity index (χ2n) is 4.50. The van der Waals surface area contributed by atoms with Crippen molar-refractivity contribution >= 4 is 11.6 Å². The van der Waals surface area contributed by atoms with Crippen molar-refractivity contribution in [2.45, 2.75) is 26.4 Å². The molecule has 18 heavy (non-hydrogen) atoms. The largest absolute Gasteiger partial charge is 0.388 e. The van der Waals surface area contributed by atoms with Crippen molar-refractivity contribution in [1.82, 2.24) is 19.6 Å². The van der Waals surface area contributed by atoms with Crippen molar-refractivity contribution in [1.29, 1.82) is 0 Å². The number of halogens is 1. The number of aromatic nitrogens is 4. The summed E-state index contributed by atoms with van der Waals surface area (Å²) in [6, 6.07) is 0. The Morgan fingerprint density at radius 3 is 2.44 bits per heavy atom. The van der Waals surface area contributed by atoms with Gasteiger partial charge < -0.3 is 5.11 Å². The maximum Gasteiger partial charge on any atom is 0.0878 e. The standard InChI is InChI=1S/C12H17ClN4O/c1-7-12(13)10(17(4)15-7)5-11(18)9-6-14-16(3)8(9)2/h6,11,18H,5H2,1-4H3. The van der Waals surface area contributed by atoms with Crippen molar-refractivity contribution in [2.24, 2.45) is 14.1 Å². The van der Waals surface area contributed by atoms with Crippen LogP contribution in [0.4, 0.5) is 0 Å². The predicted octanol–water partition coefficient (Wildman–Crippen LogP) is 1.70. The second kappa shape index (κ2) is 4.74. The lowest BCUT2D eigenvalue weighted by Crippen LogP contribution is -2.08. The molecule has 2 rings (SSSR count). The van der Waals surface area contributed by atoms with E-state index in [0.717, 1.165) is 22.6 Å². The van der Waals surface area contributed by atoms with Crippen LogP contribution in [0.5, 0.6) is 0 Å². The van der Waals surface area contributed by atoms with Gasteiger partial charge in [-0.3, -0.25) is 9.36 Å². The van der Waals surface area contributed by atoms with E-state index in [4.69, 9.17) is 11.6 Å². The van der Waals surface area contributed by atoms with E-state index in [0.29, 0.717) is 11.4 Å². The SMILES string of the molecule is Cc1nn(C)c(CC(O)c2cnn(C)c2C)c1Cl. The van der Waals surface area contributed by atoms with Crippen LogP contribution in [-0.2, 0) is 20.5 Å². The van der Waals surface area contributed by atoms with Crippen LogP contribution >= 0.6 is 11.6 Å². The van der Waals surface area contributed by atoms with E-state index in [9.17, 15) is 5.11 Å². The molecule has 1 atom stereocenters. The molecule has 1 unspecified atom stereocenters. The average Bonchev–Trinajstić information content (AvgIpc) is 2.75. The number of rotatable bonds is 3. The molecule has 0 aliphatic heterocycles. The molecule has 2 aromatic rings.